The molecule has 4 rings (SSSR count). The van der Waals surface area contributed by atoms with Crippen LogP contribution in [-0.2, 0) is 12.4 Å². The van der Waals surface area contributed by atoms with E-state index in [1.165, 1.54) is 24.3 Å². The number of nitrogens with two attached hydrogens (primary N) is 1. The molecule has 2 N–H and O–H groups in total. The predicted octanol–water partition coefficient (Wildman–Crippen LogP) is 4.93. The Bertz CT molecular complexity index is 1440. The Kier molecular flexibility index (Phi) is 5.53. The summed E-state index contributed by atoms with van der Waals surface area (Å²) in [6.07, 6.45) is -8.29. The van der Waals surface area contributed by atoms with Crippen LogP contribution in [0.5, 0.6) is 0 Å². The van der Waals surface area contributed by atoms with Gasteiger partial charge >= 0.3 is 12.4 Å². The maximum Gasteiger partial charge on any atom is 0.433 e. The van der Waals surface area contributed by atoms with Gasteiger partial charge in [0.1, 0.15) is 0 Å². The van der Waals surface area contributed by atoms with Crippen LogP contribution in [0.1, 0.15) is 32.7 Å². The first-order chi connectivity index (χ1) is 15.9. The second-order valence-corrected chi connectivity index (χ2v) is 7.08. The van der Waals surface area contributed by atoms with Crippen molar-refractivity contribution in [1.82, 2.24) is 14.6 Å². The fourth-order valence-electron chi connectivity index (χ4n) is 3.09. The molecule has 4 aromatic rings. The molecule has 172 valence electrons. The number of aromatic nitrogens is 3. The molecule has 2 heterocycles. The van der Waals surface area contributed by atoms with E-state index in [9.17, 15) is 31.1 Å². The highest BCUT2D eigenvalue weighted by Gasteiger charge is 2.36. The number of fused-ring (bicyclic) bond motifs is 1. The predicted molar refractivity (Wildman–Crippen MR) is 109 cm³/mol. The van der Waals surface area contributed by atoms with Crippen molar-refractivity contribution in [1.29, 1.82) is 0 Å². The highest BCUT2D eigenvalue weighted by atomic mass is 19.4. The molecule has 11 heteroatoms. The van der Waals surface area contributed by atoms with E-state index in [0.717, 1.165) is 30.5 Å². The lowest BCUT2D eigenvalue weighted by atomic mass is 10.1. The molecule has 0 spiro atoms. The van der Waals surface area contributed by atoms with Gasteiger partial charge in [-0.2, -0.15) is 31.4 Å². The summed E-state index contributed by atoms with van der Waals surface area (Å²) in [5.41, 5.74) is 3.52. The van der Waals surface area contributed by atoms with Crippen LogP contribution in [0, 0.1) is 11.8 Å². The number of carbonyl (C=O) groups excluding carboxylic acids is 1. The smallest absolute Gasteiger partial charge is 0.366 e. The number of primary amides is 1. The number of hydrogen-bond donors (Lipinski definition) is 1. The lowest BCUT2D eigenvalue weighted by molar-refractivity contribution is -0.142. The van der Waals surface area contributed by atoms with Crippen molar-refractivity contribution in [2.75, 3.05) is 0 Å². The molecule has 2 aromatic carbocycles. The molecule has 5 nitrogen and oxygen atoms in total. The first kappa shape index (κ1) is 22.8. The van der Waals surface area contributed by atoms with Crippen LogP contribution < -0.4 is 5.73 Å². The summed E-state index contributed by atoms with van der Waals surface area (Å²) >= 11 is 0. The zero-order valence-electron chi connectivity index (χ0n) is 16.9. The van der Waals surface area contributed by atoms with E-state index in [0.29, 0.717) is 16.1 Å². The number of carbonyl (C=O) groups is 1. The molecule has 34 heavy (non-hydrogen) atoms. The molecule has 0 fully saturated rings. The number of halogens is 6. The molecule has 0 radical (unpaired) electrons. The number of amides is 1. The molecule has 0 bridgehead atoms. The molecule has 1 amide bonds. The van der Waals surface area contributed by atoms with Crippen LogP contribution in [-0.4, -0.2) is 20.5 Å². The third-order valence-electron chi connectivity index (χ3n) is 4.78. The number of alkyl halides is 6. The van der Waals surface area contributed by atoms with Crippen molar-refractivity contribution in [2.45, 2.75) is 12.4 Å². The van der Waals surface area contributed by atoms with Crippen molar-refractivity contribution >= 4 is 11.6 Å². The first-order valence-corrected chi connectivity index (χ1v) is 9.49. The van der Waals surface area contributed by atoms with E-state index in [-0.39, 0.29) is 28.0 Å². The van der Waals surface area contributed by atoms with Gasteiger partial charge in [0, 0.05) is 16.7 Å². The first-order valence-electron chi connectivity index (χ1n) is 9.49. The standard InChI is InChI=1S/C23H12F6N4O/c24-22(25,26)17-9-7-14(8-10-17)18-11-19(23(27,28)29)33-21(32-18)16(12-31-33)6-3-13-1-4-15(5-2-13)20(30)34/h1-2,4-5,7-12H,(H2,30,34). The van der Waals surface area contributed by atoms with Gasteiger partial charge in [0.2, 0.25) is 5.91 Å². The Morgan fingerprint density at radius 3 is 2.09 bits per heavy atom. The van der Waals surface area contributed by atoms with E-state index in [2.05, 4.69) is 21.9 Å². The normalized spacial score (nSPS) is 11.8. The Morgan fingerprint density at radius 1 is 0.882 bits per heavy atom. The van der Waals surface area contributed by atoms with Gasteiger partial charge in [-0.05, 0) is 42.5 Å². The lowest BCUT2D eigenvalue weighted by Crippen LogP contribution is -2.13. The average molecular weight is 474 g/mol. The minimum absolute atomic E-state index is 0.0585. The SMILES string of the molecule is NC(=O)c1ccc(C#Cc2cnn3c(C(F)(F)F)cc(-c4ccc(C(F)(F)F)cc4)nc23)cc1. The van der Waals surface area contributed by atoms with E-state index in [1.807, 2.05) is 0 Å². The van der Waals surface area contributed by atoms with Crippen LogP contribution in [0.3, 0.4) is 0 Å². The van der Waals surface area contributed by atoms with Gasteiger partial charge in [0.15, 0.2) is 11.3 Å². The zero-order chi connectivity index (χ0) is 24.7. The van der Waals surface area contributed by atoms with Crippen molar-refractivity contribution in [3.8, 4) is 23.1 Å². The summed E-state index contributed by atoms with van der Waals surface area (Å²) in [5, 5.41) is 3.74. The maximum absolute atomic E-state index is 13.7. The molecule has 0 unspecified atom stereocenters. The molecular weight excluding hydrogens is 462 g/mol. The van der Waals surface area contributed by atoms with Gasteiger partial charge in [-0.15, -0.1) is 0 Å². The third-order valence-corrected chi connectivity index (χ3v) is 4.78. The van der Waals surface area contributed by atoms with Crippen molar-refractivity contribution in [2.24, 2.45) is 5.73 Å². The largest absolute Gasteiger partial charge is 0.433 e. The monoisotopic (exact) mass is 474 g/mol. The summed E-state index contributed by atoms with van der Waals surface area (Å²) in [7, 11) is 0. The van der Waals surface area contributed by atoms with Crippen molar-refractivity contribution < 1.29 is 31.1 Å². The quantitative estimate of drug-likeness (QED) is 0.331. The molecule has 0 aliphatic carbocycles. The highest BCUT2D eigenvalue weighted by molar-refractivity contribution is 5.92. The van der Waals surface area contributed by atoms with Crippen molar-refractivity contribution in [3.05, 3.63) is 88.7 Å². The molecule has 0 aliphatic rings. The average Bonchev–Trinajstić information content (AvgIpc) is 3.19. The van der Waals surface area contributed by atoms with E-state index < -0.39 is 29.5 Å². The van der Waals surface area contributed by atoms with Crippen LogP contribution in [0.15, 0.2) is 60.8 Å². The van der Waals surface area contributed by atoms with E-state index in [4.69, 9.17) is 5.73 Å². The zero-order valence-corrected chi connectivity index (χ0v) is 16.9. The summed E-state index contributed by atoms with van der Waals surface area (Å²) in [6.45, 7) is 0. The number of nitrogens with zero attached hydrogens (tertiary/aromatic N) is 3. The summed E-state index contributed by atoms with van der Waals surface area (Å²) in [6, 6.07) is 10.3. The number of rotatable bonds is 2. The van der Waals surface area contributed by atoms with Gasteiger partial charge in [-0.3, -0.25) is 4.79 Å². The van der Waals surface area contributed by atoms with Gasteiger partial charge in [-0.25, -0.2) is 9.50 Å². The molecular formula is C23H12F6N4O. The number of hydrogen-bond acceptors (Lipinski definition) is 3. The minimum Gasteiger partial charge on any atom is -0.366 e. The Balaban J connectivity index is 1.81. The maximum atomic E-state index is 13.7. The van der Waals surface area contributed by atoms with Crippen LogP contribution in [0.4, 0.5) is 26.3 Å². The Labute approximate surface area is 187 Å². The Hall–Kier alpha value is -4.33. The van der Waals surface area contributed by atoms with Crippen LogP contribution >= 0.6 is 0 Å². The second-order valence-electron chi connectivity index (χ2n) is 7.08. The summed E-state index contributed by atoms with van der Waals surface area (Å²) < 4.78 is 80.1. The molecule has 2 aromatic heterocycles. The topological polar surface area (TPSA) is 73.3 Å². The van der Waals surface area contributed by atoms with Gasteiger partial charge in [-0.1, -0.05) is 24.0 Å². The lowest BCUT2D eigenvalue weighted by Gasteiger charge is -2.12. The van der Waals surface area contributed by atoms with Crippen LogP contribution in [0.25, 0.3) is 16.9 Å². The number of benzene rings is 2. The second kappa shape index (κ2) is 8.22. The van der Waals surface area contributed by atoms with E-state index >= 15 is 0 Å². The molecule has 0 atom stereocenters. The van der Waals surface area contributed by atoms with Crippen LogP contribution in [0.2, 0.25) is 0 Å². The summed E-state index contributed by atoms with van der Waals surface area (Å²) in [4.78, 5) is 15.3. The minimum atomic E-state index is -4.82. The summed E-state index contributed by atoms with van der Waals surface area (Å²) in [5.74, 6) is 4.81. The fourth-order valence-corrected chi connectivity index (χ4v) is 3.09. The fraction of sp³-hybridized carbons (Fsp3) is 0.0870. The third kappa shape index (κ3) is 4.56. The molecule has 0 saturated heterocycles. The van der Waals surface area contributed by atoms with Crippen molar-refractivity contribution in [3.63, 3.8) is 0 Å². The van der Waals surface area contributed by atoms with Gasteiger partial charge in [0.25, 0.3) is 0 Å². The highest BCUT2D eigenvalue weighted by Crippen LogP contribution is 2.34. The van der Waals surface area contributed by atoms with Gasteiger partial charge < -0.3 is 5.73 Å². The molecule has 0 saturated carbocycles. The Morgan fingerprint density at radius 2 is 1.53 bits per heavy atom. The molecule has 0 aliphatic heterocycles. The van der Waals surface area contributed by atoms with Gasteiger partial charge in [0.05, 0.1) is 23.0 Å². The van der Waals surface area contributed by atoms with E-state index in [1.54, 1.807) is 0 Å².